The second kappa shape index (κ2) is 8.43. The summed E-state index contributed by atoms with van der Waals surface area (Å²) < 4.78 is 33.4. The van der Waals surface area contributed by atoms with E-state index in [0.717, 1.165) is 5.56 Å². The highest BCUT2D eigenvalue weighted by molar-refractivity contribution is 5.92. The van der Waals surface area contributed by atoms with Crippen LogP contribution < -0.4 is 4.74 Å². The van der Waals surface area contributed by atoms with E-state index in [9.17, 15) is 13.6 Å². The molecule has 0 aliphatic rings. The predicted molar refractivity (Wildman–Crippen MR) is 107 cm³/mol. The van der Waals surface area contributed by atoms with Gasteiger partial charge >= 0.3 is 0 Å². The van der Waals surface area contributed by atoms with Gasteiger partial charge in [-0.3, -0.25) is 4.79 Å². The summed E-state index contributed by atoms with van der Waals surface area (Å²) in [4.78, 5) is 21.5. The van der Waals surface area contributed by atoms with Gasteiger partial charge in [-0.15, -0.1) is 0 Å². The second-order valence-electron chi connectivity index (χ2n) is 7.07. The SMILES string of the molecule is COc1ccc(-c2cc(CN(C(=O)c3cnc(C)[nH]3)C(C)C)ccc2F)cc1F. The van der Waals surface area contributed by atoms with Gasteiger partial charge in [0, 0.05) is 18.2 Å². The van der Waals surface area contributed by atoms with Gasteiger partial charge in [0.2, 0.25) is 0 Å². The number of halogens is 2. The van der Waals surface area contributed by atoms with Crippen LogP contribution in [-0.2, 0) is 6.54 Å². The zero-order valence-electron chi connectivity index (χ0n) is 16.8. The van der Waals surface area contributed by atoms with Crippen LogP contribution in [0.3, 0.4) is 0 Å². The number of rotatable bonds is 6. The maximum absolute atomic E-state index is 14.4. The molecule has 1 aromatic heterocycles. The van der Waals surface area contributed by atoms with E-state index < -0.39 is 11.6 Å². The number of nitrogens with one attached hydrogen (secondary N) is 1. The molecule has 0 bridgehead atoms. The number of nitrogens with zero attached hydrogens (tertiary/aromatic N) is 2. The second-order valence-corrected chi connectivity index (χ2v) is 7.07. The summed E-state index contributed by atoms with van der Waals surface area (Å²) >= 11 is 0. The van der Waals surface area contributed by atoms with Gasteiger partial charge in [-0.05, 0) is 56.2 Å². The van der Waals surface area contributed by atoms with E-state index in [1.807, 2.05) is 13.8 Å². The Kier molecular flexibility index (Phi) is 5.96. The van der Waals surface area contributed by atoms with Gasteiger partial charge in [-0.1, -0.05) is 12.1 Å². The molecule has 1 N–H and O–H groups in total. The van der Waals surface area contributed by atoms with Crippen molar-refractivity contribution in [3.8, 4) is 16.9 Å². The highest BCUT2D eigenvalue weighted by Crippen LogP contribution is 2.29. The van der Waals surface area contributed by atoms with Crippen LogP contribution in [0.15, 0.2) is 42.6 Å². The lowest BCUT2D eigenvalue weighted by Crippen LogP contribution is -2.36. The fourth-order valence-corrected chi connectivity index (χ4v) is 3.10. The Labute approximate surface area is 168 Å². The van der Waals surface area contributed by atoms with E-state index in [1.165, 1.54) is 31.5 Å². The van der Waals surface area contributed by atoms with Crippen molar-refractivity contribution < 1.29 is 18.3 Å². The van der Waals surface area contributed by atoms with Crippen molar-refractivity contribution in [2.45, 2.75) is 33.4 Å². The Morgan fingerprint density at radius 2 is 1.93 bits per heavy atom. The number of aryl methyl sites for hydroxylation is 1. The minimum atomic E-state index is -0.566. The van der Waals surface area contributed by atoms with Crippen molar-refractivity contribution in [3.05, 3.63) is 71.3 Å². The molecule has 5 nitrogen and oxygen atoms in total. The minimum absolute atomic E-state index is 0.0851. The fraction of sp³-hybridized carbons (Fsp3) is 0.273. The van der Waals surface area contributed by atoms with E-state index >= 15 is 0 Å². The molecule has 0 atom stereocenters. The minimum Gasteiger partial charge on any atom is -0.494 e. The third-order valence-corrected chi connectivity index (χ3v) is 4.66. The topological polar surface area (TPSA) is 58.2 Å². The Morgan fingerprint density at radius 3 is 2.52 bits per heavy atom. The number of hydrogen-bond donors (Lipinski definition) is 1. The largest absolute Gasteiger partial charge is 0.494 e. The highest BCUT2D eigenvalue weighted by atomic mass is 19.1. The third-order valence-electron chi connectivity index (χ3n) is 4.66. The van der Waals surface area contributed by atoms with Gasteiger partial charge in [0.1, 0.15) is 17.3 Å². The van der Waals surface area contributed by atoms with Crippen LogP contribution in [0.1, 0.15) is 35.7 Å². The van der Waals surface area contributed by atoms with Crippen molar-refractivity contribution in [1.82, 2.24) is 14.9 Å². The Hall–Kier alpha value is -3.22. The van der Waals surface area contributed by atoms with Gasteiger partial charge in [0.25, 0.3) is 5.91 Å². The molecule has 0 aliphatic carbocycles. The van der Waals surface area contributed by atoms with Crippen molar-refractivity contribution in [3.63, 3.8) is 0 Å². The number of aromatic amines is 1. The van der Waals surface area contributed by atoms with Crippen LogP contribution in [0.5, 0.6) is 5.75 Å². The zero-order chi connectivity index (χ0) is 21.1. The molecule has 1 heterocycles. The van der Waals surface area contributed by atoms with Crippen LogP contribution in [0, 0.1) is 18.6 Å². The number of H-pyrrole nitrogens is 1. The lowest BCUT2D eigenvalue weighted by molar-refractivity contribution is 0.0684. The number of aromatic nitrogens is 2. The lowest BCUT2D eigenvalue weighted by atomic mass is 10.0. The number of imidazole rings is 1. The van der Waals surface area contributed by atoms with Gasteiger partial charge < -0.3 is 14.6 Å². The average molecular weight is 399 g/mol. The van der Waals surface area contributed by atoms with E-state index in [-0.39, 0.29) is 29.8 Å². The Bertz CT molecular complexity index is 1030. The lowest BCUT2D eigenvalue weighted by Gasteiger charge is -2.26. The Morgan fingerprint density at radius 1 is 1.17 bits per heavy atom. The molecular formula is C22H23F2N3O2. The van der Waals surface area contributed by atoms with E-state index in [4.69, 9.17) is 4.74 Å². The van der Waals surface area contributed by atoms with Gasteiger partial charge in [0.15, 0.2) is 11.6 Å². The first-order chi connectivity index (χ1) is 13.8. The normalized spacial score (nSPS) is 11.0. The maximum Gasteiger partial charge on any atom is 0.272 e. The van der Waals surface area contributed by atoms with Crippen LogP contribution in [0.4, 0.5) is 8.78 Å². The first-order valence-electron chi connectivity index (χ1n) is 9.25. The molecule has 152 valence electrons. The molecule has 0 fully saturated rings. The quantitative estimate of drug-likeness (QED) is 0.652. The number of ether oxygens (including phenoxy) is 1. The zero-order valence-corrected chi connectivity index (χ0v) is 16.8. The van der Waals surface area contributed by atoms with Gasteiger partial charge in [-0.2, -0.15) is 0 Å². The molecule has 3 aromatic rings. The first kappa shape index (κ1) is 20.5. The van der Waals surface area contributed by atoms with Crippen LogP contribution in [-0.4, -0.2) is 33.9 Å². The van der Waals surface area contributed by atoms with Crippen molar-refractivity contribution in [1.29, 1.82) is 0 Å². The van der Waals surface area contributed by atoms with Gasteiger partial charge in [0.05, 0.1) is 13.3 Å². The fourth-order valence-electron chi connectivity index (χ4n) is 3.10. The molecule has 2 aromatic carbocycles. The highest BCUT2D eigenvalue weighted by Gasteiger charge is 2.21. The maximum atomic E-state index is 14.4. The summed E-state index contributed by atoms with van der Waals surface area (Å²) in [5.74, 6) is -0.477. The van der Waals surface area contributed by atoms with Crippen LogP contribution in [0.25, 0.3) is 11.1 Å². The molecule has 0 radical (unpaired) electrons. The third kappa shape index (κ3) is 4.45. The standard InChI is InChI=1S/C22H23F2N3O2/c1-13(2)27(22(28)20-11-25-14(3)26-20)12-15-5-7-18(23)17(9-15)16-6-8-21(29-4)19(24)10-16/h5-11,13H,12H2,1-4H3,(H,25,26). The molecule has 3 rings (SSSR count). The van der Waals surface area contributed by atoms with Crippen molar-refractivity contribution >= 4 is 5.91 Å². The summed E-state index contributed by atoms with van der Waals surface area (Å²) in [6.45, 7) is 5.87. The predicted octanol–water partition coefficient (Wildman–Crippen LogP) is 4.72. The van der Waals surface area contributed by atoms with Crippen molar-refractivity contribution in [2.24, 2.45) is 0 Å². The van der Waals surface area contributed by atoms with Gasteiger partial charge in [-0.25, -0.2) is 13.8 Å². The van der Waals surface area contributed by atoms with E-state index in [2.05, 4.69) is 9.97 Å². The van der Waals surface area contributed by atoms with Crippen molar-refractivity contribution in [2.75, 3.05) is 7.11 Å². The molecule has 0 saturated carbocycles. The van der Waals surface area contributed by atoms with Crippen LogP contribution in [0.2, 0.25) is 0 Å². The number of carbonyl (C=O) groups is 1. The number of amides is 1. The molecule has 1 amide bonds. The monoisotopic (exact) mass is 399 g/mol. The summed E-state index contributed by atoms with van der Waals surface area (Å²) in [7, 11) is 1.37. The summed E-state index contributed by atoms with van der Waals surface area (Å²) in [6, 6.07) is 8.80. The molecule has 0 spiro atoms. The summed E-state index contributed by atoms with van der Waals surface area (Å²) in [5.41, 5.74) is 1.79. The molecular weight excluding hydrogens is 376 g/mol. The smallest absolute Gasteiger partial charge is 0.272 e. The average Bonchev–Trinajstić information content (AvgIpc) is 3.13. The van der Waals surface area contributed by atoms with Crippen LogP contribution >= 0.6 is 0 Å². The number of methoxy groups -OCH3 is 1. The Balaban J connectivity index is 1.91. The molecule has 0 unspecified atom stereocenters. The molecule has 0 aliphatic heterocycles. The van der Waals surface area contributed by atoms with E-state index in [1.54, 1.807) is 30.0 Å². The molecule has 0 saturated heterocycles. The number of hydrogen-bond acceptors (Lipinski definition) is 3. The number of benzene rings is 2. The number of carbonyl (C=O) groups excluding carboxylic acids is 1. The molecule has 7 heteroatoms. The summed E-state index contributed by atoms with van der Waals surface area (Å²) in [6.07, 6.45) is 1.50. The first-order valence-corrected chi connectivity index (χ1v) is 9.25. The molecule has 29 heavy (non-hydrogen) atoms. The van der Waals surface area contributed by atoms with E-state index in [0.29, 0.717) is 17.1 Å². The summed E-state index contributed by atoms with van der Waals surface area (Å²) in [5, 5.41) is 0.